The minimum atomic E-state index is -2.92. The van der Waals surface area contributed by atoms with Gasteiger partial charge in [-0.1, -0.05) is 12.1 Å². The summed E-state index contributed by atoms with van der Waals surface area (Å²) < 4.78 is 36.6. The Balaban J connectivity index is 2.08. The molecule has 0 amide bonds. The molecule has 1 aromatic carbocycles. The lowest BCUT2D eigenvalue weighted by Crippen LogP contribution is -2.33. The number of rotatable bonds is 3. The van der Waals surface area contributed by atoms with Gasteiger partial charge < -0.3 is 5.73 Å². The smallest absolute Gasteiger partial charge is 0.150 e. The third kappa shape index (κ3) is 3.10. The van der Waals surface area contributed by atoms with E-state index in [1.54, 1.807) is 12.1 Å². The van der Waals surface area contributed by atoms with Crippen LogP contribution in [0, 0.1) is 11.7 Å². The second-order valence-corrected chi connectivity index (χ2v) is 7.77. The first kappa shape index (κ1) is 14.0. The van der Waals surface area contributed by atoms with Gasteiger partial charge in [-0.15, -0.1) is 0 Å². The second kappa shape index (κ2) is 5.27. The van der Waals surface area contributed by atoms with Gasteiger partial charge in [0.2, 0.25) is 0 Å². The molecule has 0 radical (unpaired) electrons. The van der Waals surface area contributed by atoms with Gasteiger partial charge in [0.1, 0.15) is 5.82 Å². The zero-order valence-corrected chi connectivity index (χ0v) is 12.2. The van der Waals surface area contributed by atoms with E-state index >= 15 is 0 Å². The van der Waals surface area contributed by atoms with E-state index in [-0.39, 0.29) is 29.3 Å². The molecule has 2 atom stereocenters. The molecule has 0 aliphatic carbocycles. The highest BCUT2D eigenvalue weighted by atomic mass is 79.9. The van der Waals surface area contributed by atoms with Gasteiger partial charge in [-0.05, 0) is 46.3 Å². The molecule has 1 heterocycles. The van der Waals surface area contributed by atoms with Crippen LogP contribution in [0.25, 0.3) is 0 Å². The number of hydrogen-bond donors (Lipinski definition) is 1. The van der Waals surface area contributed by atoms with Gasteiger partial charge in [-0.3, -0.25) is 0 Å². The molecule has 1 aliphatic rings. The van der Waals surface area contributed by atoms with Gasteiger partial charge in [0, 0.05) is 6.04 Å². The summed E-state index contributed by atoms with van der Waals surface area (Å²) in [6, 6.07) is 4.56. The zero-order valence-electron chi connectivity index (χ0n) is 9.77. The molecule has 0 saturated carbocycles. The summed E-state index contributed by atoms with van der Waals surface area (Å²) in [7, 11) is -2.92. The fraction of sp³-hybridized carbons (Fsp3) is 0.500. The molecule has 1 fully saturated rings. The quantitative estimate of drug-likeness (QED) is 0.917. The number of hydrogen-bond acceptors (Lipinski definition) is 3. The minimum Gasteiger partial charge on any atom is -0.327 e. The molecule has 2 rings (SSSR count). The van der Waals surface area contributed by atoms with Crippen molar-refractivity contribution in [1.82, 2.24) is 0 Å². The van der Waals surface area contributed by atoms with Crippen molar-refractivity contribution in [1.29, 1.82) is 0 Å². The van der Waals surface area contributed by atoms with E-state index in [1.807, 2.05) is 0 Å². The third-order valence-electron chi connectivity index (χ3n) is 3.36. The summed E-state index contributed by atoms with van der Waals surface area (Å²) in [5.74, 6) is 0.0282. The summed E-state index contributed by atoms with van der Waals surface area (Å²) in [6.45, 7) is 0. The minimum absolute atomic E-state index is 0.0230. The standard InChI is InChI=1S/C12H15BrFNO2S/c13-12-8(2-1-3-10(12)14)6-11(15)9-4-5-18(16,17)7-9/h1-3,9,11H,4-7,15H2. The number of halogens is 2. The molecule has 2 unspecified atom stereocenters. The van der Waals surface area contributed by atoms with Crippen molar-refractivity contribution in [3.8, 4) is 0 Å². The third-order valence-corrected chi connectivity index (χ3v) is 6.04. The van der Waals surface area contributed by atoms with E-state index in [1.165, 1.54) is 6.07 Å². The summed E-state index contributed by atoms with van der Waals surface area (Å²) in [5, 5.41) is 0. The molecule has 6 heteroatoms. The van der Waals surface area contributed by atoms with E-state index in [4.69, 9.17) is 5.73 Å². The van der Waals surface area contributed by atoms with Crippen molar-refractivity contribution < 1.29 is 12.8 Å². The monoisotopic (exact) mass is 335 g/mol. The Morgan fingerprint density at radius 1 is 1.50 bits per heavy atom. The van der Waals surface area contributed by atoms with Gasteiger partial charge in [-0.2, -0.15) is 0 Å². The SMILES string of the molecule is NC(Cc1cccc(F)c1Br)C1CCS(=O)(=O)C1. The molecule has 100 valence electrons. The van der Waals surface area contributed by atoms with E-state index in [0.29, 0.717) is 17.3 Å². The second-order valence-electron chi connectivity index (χ2n) is 4.74. The molecule has 1 aromatic rings. The molecule has 0 spiro atoms. The van der Waals surface area contributed by atoms with Crippen molar-refractivity contribution >= 4 is 25.8 Å². The van der Waals surface area contributed by atoms with Gasteiger partial charge in [0.05, 0.1) is 16.0 Å². The Hall–Kier alpha value is -0.460. The van der Waals surface area contributed by atoms with Gasteiger partial charge in [0.25, 0.3) is 0 Å². The zero-order chi connectivity index (χ0) is 13.3. The molecule has 0 aromatic heterocycles. The normalized spacial score (nSPS) is 24.1. The van der Waals surface area contributed by atoms with Crippen LogP contribution in [0.1, 0.15) is 12.0 Å². The molecule has 18 heavy (non-hydrogen) atoms. The molecule has 0 bridgehead atoms. The summed E-state index contributed by atoms with van der Waals surface area (Å²) in [6.07, 6.45) is 1.09. The highest BCUT2D eigenvalue weighted by molar-refractivity contribution is 9.10. The van der Waals surface area contributed by atoms with Gasteiger partial charge >= 0.3 is 0 Å². The number of benzene rings is 1. The summed E-state index contributed by atoms with van der Waals surface area (Å²) >= 11 is 3.19. The van der Waals surface area contributed by atoms with Crippen LogP contribution in [0.2, 0.25) is 0 Å². The largest absolute Gasteiger partial charge is 0.327 e. The van der Waals surface area contributed by atoms with Crippen molar-refractivity contribution in [3.05, 3.63) is 34.1 Å². The van der Waals surface area contributed by atoms with Crippen LogP contribution >= 0.6 is 15.9 Å². The first-order valence-corrected chi connectivity index (χ1v) is 8.39. The van der Waals surface area contributed by atoms with E-state index in [2.05, 4.69) is 15.9 Å². The van der Waals surface area contributed by atoms with E-state index in [0.717, 1.165) is 5.56 Å². The van der Waals surface area contributed by atoms with Crippen LogP contribution in [0.4, 0.5) is 4.39 Å². The first-order valence-electron chi connectivity index (χ1n) is 5.78. The van der Waals surface area contributed by atoms with Crippen LogP contribution < -0.4 is 5.73 Å². The Labute approximate surface area is 115 Å². The lowest BCUT2D eigenvalue weighted by molar-refractivity contribution is 0.459. The van der Waals surface area contributed by atoms with Crippen LogP contribution in [0.3, 0.4) is 0 Å². The lowest BCUT2D eigenvalue weighted by atomic mass is 9.94. The van der Waals surface area contributed by atoms with Gasteiger partial charge in [-0.25, -0.2) is 12.8 Å². The van der Waals surface area contributed by atoms with E-state index in [9.17, 15) is 12.8 Å². The number of sulfone groups is 1. The highest BCUT2D eigenvalue weighted by Gasteiger charge is 2.32. The predicted molar refractivity (Wildman–Crippen MR) is 72.5 cm³/mol. The predicted octanol–water partition coefficient (Wildman–Crippen LogP) is 1.89. The Morgan fingerprint density at radius 3 is 2.83 bits per heavy atom. The Kier molecular flexibility index (Phi) is 4.08. The maximum Gasteiger partial charge on any atom is 0.150 e. The van der Waals surface area contributed by atoms with Crippen LogP contribution in [0.5, 0.6) is 0 Å². The van der Waals surface area contributed by atoms with E-state index < -0.39 is 9.84 Å². The van der Waals surface area contributed by atoms with Crippen molar-refractivity contribution in [3.63, 3.8) is 0 Å². The van der Waals surface area contributed by atoms with Crippen LogP contribution in [0.15, 0.2) is 22.7 Å². The Bertz CT molecular complexity index is 547. The average molecular weight is 336 g/mol. The van der Waals surface area contributed by atoms with Crippen LogP contribution in [-0.4, -0.2) is 26.0 Å². The molecular weight excluding hydrogens is 321 g/mol. The molecular formula is C12H15BrFNO2S. The lowest BCUT2D eigenvalue weighted by Gasteiger charge is -2.18. The van der Waals surface area contributed by atoms with Gasteiger partial charge in [0.15, 0.2) is 9.84 Å². The first-order chi connectivity index (χ1) is 8.39. The Morgan fingerprint density at radius 2 is 2.22 bits per heavy atom. The van der Waals surface area contributed by atoms with Crippen molar-refractivity contribution in [2.24, 2.45) is 11.7 Å². The van der Waals surface area contributed by atoms with Crippen LogP contribution in [-0.2, 0) is 16.3 Å². The maximum atomic E-state index is 13.3. The highest BCUT2D eigenvalue weighted by Crippen LogP contribution is 2.26. The summed E-state index contributed by atoms with van der Waals surface area (Å²) in [5.41, 5.74) is 6.83. The molecule has 3 nitrogen and oxygen atoms in total. The molecule has 1 saturated heterocycles. The fourth-order valence-corrected chi connectivity index (χ4v) is 4.61. The van der Waals surface area contributed by atoms with Crippen molar-refractivity contribution in [2.75, 3.05) is 11.5 Å². The maximum absolute atomic E-state index is 13.3. The van der Waals surface area contributed by atoms with Crippen molar-refractivity contribution in [2.45, 2.75) is 18.9 Å². The topological polar surface area (TPSA) is 60.2 Å². The average Bonchev–Trinajstić information content (AvgIpc) is 2.65. The fourth-order valence-electron chi connectivity index (χ4n) is 2.29. The summed E-state index contributed by atoms with van der Waals surface area (Å²) in [4.78, 5) is 0. The molecule has 1 aliphatic heterocycles. The number of nitrogens with two attached hydrogens (primary N) is 1. The molecule has 2 N–H and O–H groups in total.